The molecule has 1 rings (SSSR count). The minimum absolute atomic E-state index is 0.0536. The summed E-state index contributed by atoms with van der Waals surface area (Å²) >= 11 is 0. The first-order valence-corrected chi connectivity index (χ1v) is 6.81. The van der Waals surface area contributed by atoms with Gasteiger partial charge in [0.2, 0.25) is 0 Å². The lowest BCUT2D eigenvalue weighted by atomic mass is 10.2. The number of hydrogen-bond donors (Lipinski definition) is 1. The number of hydrogen-bond acceptors (Lipinski definition) is 4. The first kappa shape index (κ1) is 15.4. The smallest absolute Gasteiger partial charge is 0.274 e. The second-order valence-electron chi connectivity index (χ2n) is 4.98. The fourth-order valence-corrected chi connectivity index (χ4v) is 1.70. The van der Waals surface area contributed by atoms with Crippen molar-refractivity contribution in [3.8, 4) is 0 Å². The van der Waals surface area contributed by atoms with Gasteiger partial charge < -0.3 is 10.2 Å². The van der Waals surface area contributed by atoms with Crippen molar-refractivity contribution in [1.29, 1.82) is 0 Å². The van der Waals surface area contributed by atoms with Gasteiger partial charge in [0.15, 0.2) is 5.69 Å². The zero-order chi connectivity index (χ0) is 14.4. The van der Waals surface area contributed by atoms with Crippen molar-refractivity contribution >= 4 is 11.6 Å². The van der Waals surface area contributed by atoms with E-state index in [4.69, 9.17) is 0 Å². The maximum absolute atomic E-state index is 12.4. The van der Waals surface area contributed by atoms with Crippen LogP contribution in [-0.4, -0.2) is 41.4 Å². The van der Waals surface area contributed by atoms with Crippen LogP contribution in [0.15, 0.2) is 6.20 Å². The Balaban J connectivity index is 3.02. The molecule has 0 fully saturated rings. The van der Waals surface area contributed by atoms with Crippen LogP contribution in [0.3, 0.4) is 0 Å². The van der Waals surface area contributed by atoms with E-state index in [1.54, 1.807) is 18.1 Å². The van der Waals surface area contributed by atoms with Crippen LogP contribution in [0, 0.1) is 0 Å². The summed E-state index contributed by atoms with van der Waals surface area (Å²) in [5, 5.41) is 2.98. The van der Waals surface area contributed by atoms with Gasteiger partial charge in [-0.2, -0.15) is 0 Å². The third kappa shape index (κ3) is 3.91. The standard InChI is InChI=1S/C14H24N4O/c1-6-7-8-18(5)14(19)12-11(15-4)9-16-13(17-12)10(2)3/h9-10,15H,6-8H2,1-5H3. The van der Waals surface area contributed by atoms with E-state index < -0.39 is 0 Å². The van der Waals surface area contributed by atoms with Gasteiger partial charge in [-0.1, -0.05) is 27.2 Å². The third-order valence-corrected chi connectivity index (χ3v) is 2.99. The highest BCUT2D eigenvalue weighted by molar-refractivity contribution is 5.97. The molecule has 1 N–H and O–H groups in total. The summed E-state index contributed by atoms with van der Waals surface area (Å²) in [6.45, 7) is 6.89. The van der Waals surface area contributed by atoms with Gasteiger partial charge >= 0.3 is 0 Å². The molecule has 5 nitrogen and oxygen atoms in total. The maximum atomic E-state index is 12.4. The van der Waals surface area contributed by atoms with Gasteiger partial charge in [0.25, 0.3) is 5.91 Å². The fraction of sp³-hybridized carbons (Fsp3) is 0.643. The van der Waals surface area contributed by atoms with E-state index in [0.717, 1.165) is 19.4 Å². The van der Waals surface area contributed by atoms with Gasteiger partial charge in [-0.3, -0.25) is 4.79 Å². The summed E-state index contributed by atoms with van der Waals surface area (Å²) < 4.78 is 0. The Morgan fingerprint density at radius 1 is 1.47 bits per heavy atom. The minimum atomic E-state index is -0.0536. The Morgan fingerprint density at radius 2 is 2.16 bits per heavy atom. The average molecular weight is 264 g/mol. The van der Waals surface area contributed by atoms with Crippen molar-refractivity contribution in [2.24, 2.45) is 0 Å². The van der Waals surface area contributed by atoms with Gasteiger partial charge in [-0.05, 0) is 6.42 Å². The molecule has 1 heterocycles. The summed E-state index contributed by atoms with van der Waals surface area (Å²) in [5.74, 6) is 0.853. The van der Waals surface area contributed by atoms with E-state index >= 15 is 0 Å². The van der Waals surface area contributed by atoms with Crippen molar-refractivity contribution in [3.05, 3.63) is 17.7 Å². The van der Waals surface area contributed by atoms with Crippen LogP contribution in [0.25, 0.3) is 0 Å². The van der Waals surface area contributed by atoms with E-state index in [1.165, 1.54) is 0 Å². The maximum Gasteiger partial charge on any atom is 0.274 e. The summed E-state index contributed by atoms with van der Waals surface area (Å²) in [4.78, 5) is 22.8. The lowest BCUT2D eigenvalue weighted by Crippen LogP contribution is -2.29. The zero-order valence-electron chi connectivity index (χ0n) is 12.5. The molecule has 0 radical (unpaired) electrons. The molecular weight excluding hydrogens is 240 g/mol. The molecule has 0 spiro atoms. The molecule has 1 aromatic heterocycles. The first-order valence-electron chi connectivity index (χ1n) is 6.81. The normalized spacial score (nSPS) is 10.6. The van der Waals surface area contributed by atoms with Crippen LogP contribution >= 0.6 is 0 Å². The summed E-state index contributed by atoms with van der Waals surface area (Å²) in [7, 11) is 3.59. The Morgan fingerprint density at radius 3 is 2.68 bits per heavy atom. The third-order valence-electron chi connectivity index (χ3n) is 2.99. The quantitative estimate of drug-likeness (QED) is 0.857. The van der Waals surface area contributed by atoms with E-state index in [-0.39, 0.29) is 11.8 Å². The van der Waals surface area contributed by atoms with Gasteiger partial charge in [-0.15, -0.1) is 0 Å². The molecule has 106 valence electrons. The second-order valence-corrected chi connectivity index (χ2v) is 4.98. The molecule has 0 atom stereocenters. The summed E-state index contributed by atoms with van der Waals surface area (Å²) in [6.07, 6.45) is 3.75. The van der Waals surface area contributed by atoms with Crippen LogP contribution < -0.4 is 5.32 Å². The predicted molar refractivity (Wildman–Crippen MR) is 77.5 cm³/mol. The van der Waals surface area contributed by atoms with Crippen molar-refractivity contribution in [2.75, 3.05) is 26.0 Å². The molecular formula is C14H24N4O. The van der Waals surface area contributed by atoms with E-state index in [9.17, 15) is 4.79 Å². The SMILES string of the molecule is CCCCN(C)C(=O)c1nc(C(C)C)ncc1NC. The Bertz CT molecular complexity index is 431. The Hall–Kier alpha value is -1.65. The van der Waals surface area contributed by atoms with E-state index in [0.29, 0.717) is 17.2 Å². The van der Waals surface area contributed by atoms with Crippen molar-refractivity contribution < 1.29 is 4.79 Å². The second kappa shape index (κ2) is 7.07. The summed E-state index contributed by atoms with van der Waals surface area (Å²) in [5.41, 5.74) is 1.14. The van der Waals surface area contributed by atoms with Gasteiger partial charge in [0.1, 0.15) is 5.82 Å². The number of aromatic nitrogens is 2. The molecule has 0 aromatic carbocycles. The molecule has 5 heteroatoms. The molecule has 0 aliphatic rings. The molecule has 0 unspecified atom stereocenters. The van der Waals surface area contributed by atoms with E-state index in [1.807, 2.05) is 20.9 Å². The van der Waals surface area contributed by atoms with Crippen molar-refractivity contribution in [3.63, 3.8) is 0 Å². The largest absolute Gasteiger partial charge is 0.385 e. The number of nitrogens with one attached hydrogen (secondary N) is 1. The van der Waals surface area contributed by atoms with Crippen molar-refractivity contribution in [2.45, 2.75) is 39.5 Å². The average Bonchev–Trinajstić information content (AvgIpc) is 2.42. The van der Waals surface area contributed by atoms with Gasteiger partial charge in [0.05, 0.1) is 11.9 Å². The number of anilines is 1. The predicted octanol–water partition coefficient (Wildman–Crippen LogP) is 2.51. The van der Waals surface area contributed by atoms with E-state index in [2.05, 4.69) is 22.2 Å². The van der Waals surface area contributed by atoms with Crippen LogP contribution in [0.2, 0.25) is 0 Å². The zero-order valence-corrected chi connectivity index (χ0v) is 12.5. The topological polar surface area (TPSA) is 58.1 Å². The molecule has 1 aromatic rings. The lowest BCUT2D eigenvalue weighted by Gasteiger charge is -2.18. The summed E-state index contributed by atoms with van der Waals surface area (Å²) in [6, 6.07) is 0. The monoisotopic (exact) mass is 264 g/mol. The molecule has 0 bridgehead atoms. The molecule has 0 saturated heterocycles. The number of unbranched alkanes of at least 4 members (excludes halogenated alkanes) is 1. The van der Waals surface area contributed by atoms with Crippen LogP contribution in [-0.2, 0) is 0 Å². The highest BCUT2D eigenvalue weighted by Gasteiger charge is 2.19. The van der Waals surface area contributed by atoms with Gasteiger partial charge in [-0.25, -0.2) is 9.97 Å². The van der Waals surface area contributed by atoms with Gasteiger partial charge in [0, 0.05) is 26.6 Å². The minimum Gasteiger partial charge on any atom is -0.385 e. The number of amides is 1. The van der Waals surface area contributed by atoms with Crippen molar-refractivity contribution in [1.82, 2.24) is 14.9 Å². The first-order chi connectivity index (χ1) is 9.01. The molecule has 0 aliphatic carbocycles. The molecule has 0 aliphatic heterocycles. The highest BCUT2D eigenvalue weighted by Crippen LogP contribution is 2.17. The Labute approximate surface area is 115 Å². The Kier molecular flexibility index (Phi) is 5.73. The lowest BCUT2D eigenvalue weighted by molar-refractivity contribution is 0.0788. The highest BCUT2D eigenvalue weighted by atomic mass is 16.2. The number of carbonyl (C=O) groups is 1. The molecule has 0 saturated carbocycles. The van der Waals surface area contributed by atoms with Crippen LogP contribution in [0.4, 0.5) is 5.69 Å². The number of rotatable bonds is 6. The molecule has 1 amide bonds. The number of carbonyl (C=O) groups excluding carboxylic acids is 1. The molecule has 19 heavy (non-hydrogen) atoms. The fourth-order valence-electron chi connectivity index (χ4n) is 1.70. The van der Waals surface area contributed by atoms with Crippen LogP contribution in [0.5, 0.6) is 0 Å². The van der Waals surface area contributed by atoms with Crippen LogP contribution in [0.1, 0.15) is 55.8 Å². The number of nitrogens with zero attached hydrogens (tertiary/aromatic N) is 3.